The Morgan fingerprint density at radius 2 is 2.11 bits per heavy atom. The third-order valence-corrected chi connectivity index (χ3v) is 3.10. The minimum atomic E-state index is -0.0181. The van der Waals surface area contributed by atoms with E-state index in [2.05, 4.69) is 35.6 Å². The van der Waals surface area contributed by atoms with E-state index in [1.807, 2.05) is 20.8 Å². The molecule has 0 aliphatic carbocycles. The van der Waals surface area contributed by atoms with E-state index in [-0.39, 0.29) is 6.04 Å². The number of nitrogens with one attached hydrogen (secondary N) is 2. The minimum absolute atomic E-state index is 0.0181. The first-order valence-electron chi connectivity index (χ1n) is 5.95. The Bertz CT molecular complexity index is 699. The fourth-order valence-electron chi connectivity index (χ4n) is 1.90. The van der Waals surface area contributed by atoms with Gasteiger partial charge in [0.1, 0.15) is 24.3 Å². The van der Waals surface area contributed by atoms with Crippen molar-refractivity contribution in [2.24, 2.45) is 0 Å². The predicted octanol–water partition coefficient (Wildman–Crippen LogP) is 1.03. The second kappa shape index (κ2) is 4.30. The summed E-state index contributed by atoms with van der Waals surface area (Å²) in [5.74, 6) is 2.21. The highest BCUT2D eigenvalue weighted by Gasteiger charge is 2.15. The van der Waals surface area contributed by atoms with E-state index < -0.39 is 0 Å². The van der Waals surface area contributed by atoms with Gasteiger partial charge in [-0.1, -0.05) is 0 Å². The van der Waals surface area contributed by atoms with E-state index in [0.29, 0.717) is 5.78 Å². The molecule has 0 saturated heterocycles. The molecule has 3 aromatic rings. The van der Waals surface area contributed by atoms with Crippen LogP contribution in [0.5, 0.6) is 0 Å². The molecule has 0 unspecified atom stereocenters. The molecule has 3 rings (SSSR count). The molecule has 8 heteroatoms. The average Bonchev–Trinajstić information content (AvgIpc) is 3.04. The van der Waals surface area contributed by atoms with Crippen LogP contribution < -0.4 is 5.32 Å². The van der Waals surface area contributed by atoms with E-state index in [1.165, 1.54) is 12.7 Å². The third-order valence-electron chi connectivity index (χ3n) is 3.10. The van der Waals surface area contributed by atoms with Crippen molar-refractivity contribution in [3.63, 3.8) is 0 Å². The fourth-order valence-corrected chi connectivity index (χ4v) is 1.90. The largest absolute Gasteiger partial charge is 0.360 e. The molecule has 98 valence electrons. The lowest BCUT2D eigenvalue weighted by molar-refractivity contribution is 0.772. The van der Waals surface area contributed by atoms with Gasteiger partial charge in [0.2, 0.25) is 0 Å². The first kappa shape index (κ1) is 11.6. The Labute approximate surface area is 109 Å². The van der Waals surface area contributed by atoms with Crippen molar-refractivity contribution in [1.29, 1.82) is 0 Å². The van der Waals surface area contributed by atoms with Crippen LogP contribution in [-0.2, 0) is 0 Å². The fraction of sp³-hybridized carbons (Fsp3) is 0.364. The summed E-state index contributed by atoms with van der Waals surface area (Å²) < 4.78 is 1.69. The van der Waals surface area contributed by atoms with Crippen LogP contribution >= 0.6 is 0 Å². The number of nitrogens with zero attached hydrogens (tertiary/aromatic N) is 6. The zero-order valence-corrected chi connectivity index (χ0v) is 10.9. The summed E-state index contributed by atoms with van der Waals surface area (Å²) in [4.78, 5) is 12.6. The highest BCUT2D eigenvalue weighted by Crippen LogP contribution is 2.21. The molecule has 0 bridgehead atoms. The molecule has 0 spiro atoms. The number of aromatic nitrogens is 7. The summed E-state index contributed by atoms with van der Waals surface area (Å²) in [6.45, 7) is 5.95. The Hall–Kier alpha value is -2.51. The predicted molar refractivity (Wildman–Crippen MR) is 68.7 cm³/mol. The van der Waals surface area contributed by atoms with Crippen LogP contribution in [0.1, 0.15) is 30.0 Å². The van der Waals surface area contributed by atoms with Crippen LogP contribution in [0, 0.1) is 13.8 Å². The molecular weight excluding hydrogens is 244 g/mol. The highest BCUT2D eigenvalue weighted by molar-refractivity contribution is 5.52. The zero-order valence-electron chi connectivity index (χ0n) is 10.9. The van der Waals surface area contributed by atoms with Crippen molar-refractivity contribution in [3.8, 4) is 0 Å². The lowest BCUT2D eigenvalue weighted by Crippen LogP contribution is -2.14. The molecule has 8 nitrogen and oxygen atoms in total. The average molecular weight is 258 g/mol. The Morgan fingerprint density at radius 3 is 2.84 bits per heavy atom. The standard InChI is InChI=1S/C11H14N8/c1-6-7(2)17-11-13-5-15-19(11)10(6)16-8(3)9-12-4-14-18-9/h4-5,8,16H,1-3H3,(H,12,14,18)/t8-/m0/s1. The molecule has 0 amide bonds. The molecule has 2 N–H and O–H groups in total. The van der Waals surface area contributed by atoms with Gasteiger partial charge in [0, 0.05) is 11.3 Å². The lowest BCUT2D eigenvalue weighted by Gasteiger charge is -2.16. The van der Waals surface area contributed by atoms with Crippen molar-refractivity contribution in [3.05, 3.63) is 29.7 Å². The molecule has 0 saturated carbocycles. The van der Waals surface area contributed by atoms with Gasteiger partial charge in [-0.3, -0.25) is 5.10 Å². The van der Waals surface area contributed by atoms with Crippen molar-refractivity contribution in [2.45, 2.75) is 26.8 Å². The summed E-state index contributed by atoms with van der Waals surface area (Å²) in [7, 11) is 0. The van der Waals surface area contributed by atoms with E-state index in [0.717, 1.165) is 22.9 Å². The van der Waals surface area contributed by atoms with Gasteiger partial charge in [0.05, 0.1) is 6.04 Å². The molecule has 0 aliphatic rings. The topological polar surface area (TPSA) is 96.7 Å². The molecule has 0 radical (unpaired) electrons. The van der Waals surface area contributed by atoms with Gasteiger partial charge in [-0.05, 0) is 20.8 Å². The number of H-pyrrole nitrogens is 1. The SMILES string of the molecule is Cc1nc2ncnn2c(N[C@@H](C)c2ncn[nH]2)c1C. The lowest BCUT2D eigenvalue weighted by atomic mass is 10.2. The number of aryl methyl sites for hydroxylation is 1. The van der Waals surface area contributed by atoms with Crippen molar-refractivity contribution < 1.29 is 0 Å². The van der Waals surface area contributed by atoms with Crippen LogP contribution in [0.25, 0.3) is 5.78 Å². The number of fused-ring (bicyclic) bond motifs is 1. The van der Waals surface area contributed by atoms with Gasteiger partial charge in [-0.15, -0.1) is 0 Å². The summed E-state index contributed by atoms with van der Waals surface area (Å²) in [5, 5.41) is 14.3. The number of rotatable bonds is 3. The first-order valence-corrected chi connectivity index (χ1v) is 5.95. The van der Waals surface area contributed by atoms with Gasteiger partial charge in [0.15, 0.2) is 0 Å². The van der Waals surface area contributed by atoms with Crippen LogP contribution in [-0.4, -0.2) is 34.8 Å². The Kier molecular flexibility index (Phi) is 2.62. The maximum Gasteiger partial charge on any atom is 0.254 e. The van der Waals surface area contributed by atoms with Gasteiger partial charge < -0.3 is 5.32 Å². The smallest absolute Gasteiger partial charge is 0.254 e. The van der Waals surface area contributed by atoms with Gasteiger partial charge in [0.25, 0.3) is 5.78 Å². The summed E-state index contributed by atoms with van der Waals surface area (Å²) in [6, 6.07) is -0.0181. The summed E-state index contributed by atoms with van der Waals surface area (Å²) in [6.07, 6.45) is 2.98. The highest BCUT2D eigenvalue weighted by atomic mass is 15.4. The number of aromatic amines is 1. The third kappa shape index (κ3) is 1.90. The summed E-state index contributed by atoms with van der Waals surface area (Å²) >= 11 is 0. The van der Waals surface area contributed by atoms with Crippen molar-refractivity contribution >= 4 is 11.6 Å². The second-order valence-corrected chi connectivity index (χ2v) is 4.38. The normalized spacial score (nSPS) is 12.8. The van der Waals surface area contributed by atoms with E-state index in [1.54, 1.807) is 4.52 Å². The maximum absolute atomic E-state index is 4.38. The quantitative estimate of drug-likeness (QED) is 0.728. The van der Waals surface area contributed by atoms with Crippen LogP contribution in [0.2, 0.25) is 0 Å². The second-order valence-electron chi connectivity index (χ2n) is 4.38. The first-order chi connectivity index (χ1) is 9.16. The zero-order chi connectivity index (χ0) is 13.4. The molecule has 1 atom stereocenters. The van der Waals surface area contributed by atoms with Crippen molar-refractivity contribution in [1.82, 2.24) is 34.8 Å². The molecule has 0 aliphatic heterocycles. The summed E-state index contributed by atoms with van der Waals surface area (Å²) in [5.41, 5.74) is 1.96. The molecule has 3 aromatic heterocycles. The van der Waals surface area contributed by atoms with Gasteiger partial charge in [-0.25, -0.2) is 9.97 Å². The molecule has 0 aromatic carbocycles. The molecular formula is C11H14N8. The monoisotopic (exact) mass is 258 g/mol. The van der Waals surface area contributed by atoms with Crippen LogP contribution in [0.4, 0.5) is 5.82 Å². The maximum atomic E-state index is 4.38. The number of hydrogen-bond donors (Lipinski definition) is 2. The van der Waals surface area contributed by atoms with E-state index >= 15 is 0 Å². The van der Waals surface area contributed by atoms with Gasteiger partial charge in [-0.2, -0.15) is 19.7 Å². The van der Waals surface area contributed by atoms with Crippen LogP contribution in [0.15, 0.2) is 12.7 Å². The minimum Gasteiger partial charge on any atom is -0.360 e. The van der Waals surface area contributed by atoms with E-state index in [4.69, 9.17) is 0 Å². The number of anilines is 1. The molecule has 19 heavy (non-hydrogen) atoms. The Balaban J connectivity index is 2.04. The number of hydrogen-bond acceptors (Lipinski definition) is 6. The molecule has 0 fully saturated rings. The molecule has 3 heterocycles. The van der Waals surface area contributed by atoms with E-state index in [9.17, 15) is 0 Å². The Morgan fingerprint density at radius 1 is 1.26 bits per heavy atom. The van der Waals surface area contributed by atoms with Crippen molar-refractivity contribution in [2.75, 3.05) is 5.32 Å². The van der Waals surface area contributed by atoms with Gasteiger partial charge >= 0.3 is 0 Å². The van der Waals surface area contributed by atoms with Crippen LogP contribution in [0.3, 0.4) is 0 Å².